The summed E-state index contributed by atoms with van der Waals surface area (Å²) in [5.74, 6) is -1.27. The number of nitrogens with one attached hydrogen (secondary N) is 1. The third kappa shape index (κ3) is 2.73. The monoisotopic (exact) mass is 292 g/mol. The SMILES string of the molecule is O=C(O)N1Cc2cnc(Nc3cc(F)cc(F)c3)nc2C1. The van der Waals surface area contributed by atoms with Gasteiger partial charge in [0.2, 0.25) is 5.95 Å². The van der Waals surface area contributed by atoms with E-state index in [-0.39, 0.29) is 24.7 Å². The number of aromatic nitrogens is 2. The summed E-state index contributed by atoms with van der Waals surface area (Å²) >= 11 is 0. The number of nitrogens with zero attached hydrogens (tertiary/aromatic N) is 3. The molecule has 6 nitrogen and oxygen atoms in total. The lowest BCUT2D eigenvalue weighted by atomic mass is 10.3. The highest BCUT2D eigenvalue weighted by molar-refractivity contribution is 5.66. The lowest BCUT2D eigenvalue weighted by Crippen LogP contribution is -2.22. The number of anilines is 2. The Morgan fingerprint density at radius 2 is 1.95 bits per heavy atom. The van der Waals surface area contributed by atoms with Gasteiger partial charge in [-0.05, 0) is 12.1 Å². The van der Waals surface area contributed by atoms with E-state index in [4.69, 9.17) is 5.11 Å². The summed E-state index contributed by atoms with van der Waals surface area (Å²) in [4.78, 5) is 20.3. The van der Waals surface area contributed by atoms with E-state index in [1.165, 1.54) is 11.1 Å². The Morgan fingerprint density at radius 1 is 1.24 bits per heavy atom. The molecule has 3 rings (SSSR count). The molecule has 2 heterocycles. The van der Waals surface area contributed by atoms with Crippen molar-refractivity contribution in [2.75, 3.05) is 5.32 Å². The van der Waals surface area contributed by atoms with Crippen molar-refractivity contribution in [2.45, 2.75) is 13.1 Å². The molecule has 0 radical (unpaired) electrons. The van der Waals surface area contributed by atoms with Gasteiger partial charge in [-0.15, -0.1) is 0 Å². The molecule has 0 fully saturated rings. The first-order chi connectivity index (χ1) is 10.0. The van der Waals surface area contributed by atoms with Crippen LogP contribution in [0.1, 0.15) is 11.3 Å². The van der Waals surface area contributed by atoms with Crippen LogP contribution in [0.15, 0.2) is 24.4 Å². The van der Waals surface area contributed by atoms with E-state index in [2.05, 4.69) is 15.3 Å². The Morgan fingerprint density at radius 3 is 2.62 bits per heavy atom. The maximum Gasteiger partial charge on any atom is 0.407 e. The molecule has 1 amide bonds. The lowest BCUT2D eigenvalue weighted by Gasteiger charge is -2.08. The van der Waals surface area contributed by atoms with Gasteiger partial charge in [-0.3, -0.25) is 4.90 Å². The largest absolute Gasteiger partial charge is 0.465 e. The van der Waals surface area contributed by atoms with Crippen LogP contribution in [-0.2, 0) is 13.1 Å². The van der Waals surface area contributed by atoms with Gasteiger partial charge >= 0.3 is 6.09 Å². The predicted molar refractivity (Wildman–Crippen MR) is 68.9 cm³/mol. The van der Waals surface area contributed by atoms with Crippen molar-refractivity contribution in [3.8, 4) is 0 Å². The van der Waals surface area contributed by atoms with Crippen molar-refractivity contribution >= 4 is 17.7 Å². The third-order valence-corrected chi connectivity index (χ3v) is 3.05. The van der Waals surface area contributed by atoms with Gasteiger partial charge in [0, 0.05) is 23.5 Å². The topological polar surface area (TPSA) is 78.3 Å². The van der Waals surface area contributed by atoms with Gasteiger partial charge in [0.05, 0.1) is 18.8 Å². The first-order valence-corrected chi connectivity index (χ1v) is 6.07. The van der Waals surface area contributed by atoms with Crippen LogP contribution < -0.4 is 5.32 Å². The molecule has 0 saturated carbocycles. The second kappa shape index (κ2) is 4.97. The van der Waals surface area contributed by atoms with E-state index in [1.54, 1.807) is 0 Å². The molecule has 0 aliphatic carbocycles. The molecule has 21 heavy (non-hydrogen) atoms. The van der Waals surface area contributed by atoms with Crippen LogP contribution >= 0.6 is 0 Å². The van der Waals surface area contributed by atoms with Gasteiger partial charge < -0.3 is 10.4 Å². The smallest absolute Gasteiger partial charge is 0.407 e. The maximum absolute atomic E-state index is 13.1. The van der Waals surface area contributed by atoms with E-state index in [9.17, 15) is 13.6 Å². The summed E-state index contributed by atoms with van der Waals surface area (Å²) in [6, 6.07) is 2.99. The Bertz CT molecular complexity index is 703. The van der Waals surface area contributed by atoms with E-state index < -0.39 is 17.7 Å². The number of halogens is 2. The fraction of sp³-hybridized carbons (Fsp3) is 0.154. The Balaban J connectivity index is 1.82. The first-order valence-electron chi connectivity index (χ1n) is 6.07. The first kappa shape index (κ1) is 13.2. The summed E-state index contributed by atoms with van der Waals surface area (Å²) < 4.78 is 26.2. The molecule has 108 valence electrons. The highest BCUT2D eigenvalue weighted by Crippen LogP contribution is 2.23. The van der Waals surface area contributed by atoms with Crippen molar-refractivity contribution in [1.29, 1.82) is 0 Å². The molecule has 1 aromatic carbocycles. The molecule has 1 aliphatic heterocycles. The van der Waals surface area contributed by atoms with Crippen LogP contribution in [0.4, 0.5) is 25.2 Å². The molecular formula is C13H10F2N4O2. The minimum atomic E-state index is -1.03. The molecule has 8 heteroatoms. The summed E-state index contributed by atoms with van der Waals surface area (Å²) in [5.41, 5.74) is 1.47. The molecule has 1 aromatic heterocycles. The van der Waals surface area contributed by atoms with Crippen LogP contribution in [0.2, 0.25) is 0 Å². The molecule has 2 aromatic rings. The summed E-state index contributed by atoms with van der Waals surface area (Å²) in [5, 5.41) is 11.6. The predicted octanol–water partition coefficient (Wildman–Crippen LogP) is 2.49. The molecule has 0 saturated heterocycles. The number of carboxylic acid groups (broad SMARTS) is 1. The van der Waals surface area contributed by atoms with Gasteiger partial charge in [-0.25, -0.2) is 23.5 Å². The minimum absolute atomic E-state index is 0.158. The molecule has 2 N–H and O–H groups in total. The quantitative estimate of drug-likeness (QED) is 0.889. The number of hydrogen-bond acceptors (Lipinski definition) is 4. The van der Waals surface area contributed by atoms with E-state index in [1.807, 2.05) is 0 Å². The number of rotatable bonds is 2. The van der Waals surface area contributed by atoms with E-state index in [0.717, 1.165) is 18.2 Å². The normalized spacial score (nSPS) is 13.1. The Kier molecular flexibility index (Phi) is 3.13. The Hall–Kier alpha value is -2.77. The van der Waals surface area contributed by atoms with Crippen molar-refractivity contribution in [1.82, 2.24) is 14.9 Å². The van der Waals surface area contributed by atoms with Crippen molar-refractivity contribution in [2.24, 2.45) is 0 Å². The van der Waals surface area contributed by atoms with Crippen LogP contribution in [0, 0.1) is 11.6 Å². The number of benzene rings is 1. The lowest BCUT2D eigenvalue weighted by molar-refractivity contribution is 0.145. The summed E-state index contributed by atoms with van der Waals surface area (Å²) in [6.07, 6.45) is 0.471. The molecular weight excluding hydrogens is 282 g/mol. The van der Waals surface area contributed by atoms with Gasteiger partial charge in [0.1, 0.15) is 11.6 Å². The molecule has 0 spiro atoms. The number of fused-ring (bicyclic) bond motifs is 1. The average molecular weight is 292 g/mol. The van der Waals surface area contributed by atoms with Crippen LogP contribution in [0.3, 0.4) is 0 Å². The standard InChI is InChI=1S/C13H10F2N4O2/c14-8-1-9(15)3-10(2-8)17-12-16-4-7-5-19(13(20)21)6-11(7)18-12/h1-4H,5-6H2,(H,20,21)(H,16,17,18). The van der Waals surface area contributed by atoms with Gasteiger partial charge in [0.25, 0.3) is 0 Å². The van der Waals surface area contributed by atoms with Gasteiger partial charge in [-0.1, -0.05) is 0 Å². The Labute approximate surface area is 118 Å². The van der Waals surface area contributed by atoms with E-state index >= 15 is 0 Å². The molecule has 1 aliphatic rings. The minimum Gasteiger partial charge on any atom is -0.465 e. The molecule has 0 unspecified atom stereocenters. The summed E-state index contributed by atoms with van der Waals surface area (Å²) in [6.45, 7) is 0.402. The second-order valence-corrected chi connectivity index (χ2v) is 4.59. The highest BCUT2D eigenvalue weighted by atomic mass is 19.1. The van der Waals surface area contributed by atoms with E-state index in [0.29, 0.717) is 11.3 Å². The fourth-order valence-corrected chi connectivity index (χ4v) is 2.10. The van der Waals surface area contributed by atoms with Crippen LogP contribution in [0.25, 0.3) is 0 Å². The maximum atomic E-state index is 13.1. The number of amides is 1. The average Bonchev–Trinajstić information content (AvgIpc) is 2.80. The van der Waals surface area contributed by atoms with Gasteiger partial charge in [0.15, 0.2) is 0 Å². The molecule has 0 bridgehead atoms. The number of carbonyl (C=O) groups is 1. The highest BCUT2D eigenvalue weighted by Gasteiger charge is 2.24. The third-order valence-electron chi connectivity index (χ3n) is 3.05. The van der Waals surface area contributed by atoms with Crippen molar-refractivity contribution < 1.29 is 18.7 Å². The zero-order valence-corrected chi connectivity index (χ0v) is 10.7. The van der Waals surface area contributed by atoms with Crippen LogP contribution in [0.5, 0.6) is 0 Å². The molecule has 0 atom stereocenters. The second-order valence-electron chi connectivity index (χ2n) is 4.59. The zero-order chi connectivity index (χ0) is 15.0. The van der Waals surface area contributed by atoms with Gasteiger partial charge in [-0.2, -0.15) is 0 Å². The number of hydrogen-bond donors (Lipinski definition) is 2. The fourth-order valence-electron chi connectivity index (χ4n) is 2.10. The van der Waals surface area contributed by atoms with Crippen molar-refractivity contribution in [3.05, 3.63) is 47.3 Å². The van der Waals surface area contributed by atoms with Crippen LogP contribution in [-0.4, -0.2) is 26.1 Å². The van der Waals surface area contributed by atoms with Crippen molar-refractivity contribution in [3.63, 3.8) is 0 Å². The zero-order valence-electron chi connectivity index (χ0n) is 10.7. The summed E-state index contributed by atoms with van der Waals surface area (Å²) in [7, 11) is 0.